The molecule has 0 spiro atoms. The Hall–Kier alpha value is -1.60. The quantitative estimate of drug-likeness (QED) is 0.617. The molecule has 1 unspecified atom stereocenters. The van der Waals surface area contributed by atoms with Crippen molar-refractivity contribution < 1.29 is 50.9 Å². The number of hydrogen-bond acceptors (Lipinski definition) is 5. The highest BCUT2D eigenvalue weighted by Gasteiger charge is 2.38. The molecule has 0 saturated carbocycles. The highest BCUT2D eigenvalue weighted by atomic mass is 19.4. The predicted octanol–water partition coefficient (Wildman–Crippen LogP) is 0.803. The topological polar surface area (TPSA) is 99.1 Å². The fourth-order valence-electron chi connectivity index (χ4n) is 1.24. The summed E-state index contributed by atoms with van der Waals surface area (Å²) >= 11 is 0. The zero-order valence-corrected chi connectivity index (χ0v) is 12.7. The van der Waals surface area contributed by atoms with Gasteiger partial charge in [-0.3, -0.25) is 4.90 Å². The first-order valence-electron chi connectivity index (χ1n) is 6.23. The standard InChI is InChI=1S/C7H16N2O.2C2HF3O2/c1-9-4-3-8-5-7(9)6-10-2;2*3-2(4,5)1(6)7/h7-8H,3-6H2,1-2H3;2*(H,6,7). The number of nitrogens with one attached hydrogen (secondary N) is 1. The molecule has 0 aromatic rings. The molecule has 0 amide bonds. The highest BCUT2D eigenvalue weighted by molar-refractivity contribution is 5.73. The van der Waals surface area contributed by atoms with Crippen LogP contribution in [0.15, 0.2) is 0 Å². The van der Waals surface area contributed by atoms with E-state index in [1.165, 1.54) is 0 Å². The van der Waals surface area contributed by atoms with Gasteiger partial charge in [0.15, 0.2) is 0 Å². The van der Waals surface area contributed by atoms with Crippen LogP contribution >= 0.6 is 0 Å². The van der Waals surface area contributed by atoms with E-state index in [1.54, 1.807) is 7.11 Å². The van der Waals surface area contributed by atoms with Crippen LogP contribution in [0.1, 0.15) is 0 Å². The van der Waals surface area contributed by atoms with Gasteiger partial charge in [0.05, 0.1) is 6.61 Å². The number of aliphatic carboxylic acids is 2. The third kappa shape index (κ3) is 12.9. The summed E-state index contributed by atoms with van der Waals surface area (Å²) in [5.41, 5.74) is 0. The fraction of sp³-hybridized carbons (Fsp3) is 0.818. The van der Waals surface area contributed by atoms with Gasteiger partial charge in [-0.2, -0.15) is 26.3 Å². The molecule has 3 N–H and O–H groups in total. The van der Waals surface area contributed by atoms with Gasteiger partial charge in [0.1, 0.15) is 0 Å². The molecule has 1 saturated heterocycles. The second-order valence-corrected chi connectivity index (χ2v) is 4.40. The number of carbonyl (C=O) groups is 2. The Kier molecular flexibility index (Phi) is 11.3. The first kappa shape index (κ1) is 24.6. The Morgan fingerprint density at radius 3 is 1.75 bits per heavy atom. The molecule has 1 aliphatic heterocycles. The monoisotopic (exact) mass is 372 g/mol. The van der Waals surface area contributed by atoms with Gasteiger partial charge in [-0.05, 0) is 7.05 Å². The van der Waals surface area contributed by atoms with Gasteiger partial charge in [0.2, 0.25) is 0 Å². The third-order valence-electron chi connectivity index (χ3n) is 2.49. The van der Waals surface area contributed by atoms with Crippen LogP contribution in [-0.4, -0.2) is 85.8 Å². The second kappa shape index (κ2) is 11.0. The number of piperazine rings is 1. The van der Waals surface area contributed by atoms with Gasteiger partial charge in [0, 0.05) is 32.8 Å². The SMILES string of the molecule is COCC1CNCCN1C.O=C(O)C(F)(F)F.O=C(O)C(F)(F)F. The van der Waals surface area contributed by atoms with Crippen LogP contribution in [0.4, 0.5) is 26.3 Å². The van der Waals surface area contributed by atoms with E-state index in [4.69, 9.17) is 24.5 Å². The molecule has 24 heavy (non-hydrogen) atoms. The number of alkyl halides is 6. The normalized spacial score (nSPS) is 18.6. The summed E-state index contributed by atoms with van der Waals surface area (Å²) in [5.74, 6) is -5.51. The minimum atomic E-state index is -5.08. The third-order valence-corrected chi connectivity index (χ3v) is 2.49. The summed E-state index contributed by atoms with van der Waals surface area (Å²) in [6.07, 6.45) is -10.2. The van der Waals surface area contributed by atoms with Gasteiger partial charge in [0.25, 0.3) is 0 Å². The Morgan fingerprint density at radius 2 is 1.50 bits per heavy atom. The summed E-state index contributed by atoms with van der Waals surface area (Å²) < 4.78 is 68.5. The lowest BCUT2D eigenvalue weighted by Gasteiger charge is -2.32. The minimum Gasteiger partial charge on any atom is -0.475 e. The van der Waals surface area contributed by atoms with Gasteiger partial charge in [-0.15, -0.1) is 0 Å². The van der Waals surface area contributed by atoms with Crippen LogP contribution in [-0.2, 0) is 14.3 Å². The van der Waals surface area contributed by atoms with Crippen molar-refractivity contribution in [3.05, 3.63) is 0 Å². The molecule has 144 valence electrons. The summed E-state index contributed by atoms with van der Waals surface area (Å²) in [5, 5.41) is 17.6. The maximum absolute atomic E-state index is 10.6. The van der Waals surface area contributed by atoms with Crippen LogP contribution in [0.25, 0.3) is 0 Å². The van der Waals surface area contributed by atoms with Crippen LogP contribution in [0, 0.1) is 0 Å². The number of rotatable bonds is 2. The molecule has 0 aliphatic carbocycles. The minimum absolute atomic E-state index is 0.568. The van der Waals surface area contributed by atoms with Crippen molar-refractivity contribution in [2.24, 2.45) is 0 Å². The summed E-state index contributed by atoms with van der Waals surface area (Å²) in [4.78, 5) is 20.1. The first-order valence-corrected chi connectivity index (χ1v) is 6.23. The van der Waals surface area contributed by atoms with Crippen molar-refractivity contribution in [2.45, 2.75) is 18.4 Å². The zero-order valence-electron chi connectivity index (χ0n) is 12.7. The van der Waals surface area contributed by atoms with Crippen LogP contribution in [0.3, 0.4) is 0 Å². The molecule has 0 aromatic carbocycles. The van der Waals surface area contributed by atoms with E-state index < -0.39 is 24.3 Å². The zero-order chi connectivity index (χ0) is 19.6. The van der Waals surface area contributed by atoms with Crippen molar-refractivity contribution in [2.75, 3.05) is 40.4 Å². The molecular weight excluding hydrogens is 354 g/mol. The molecular formula is C11H18F6N2O5. The number of carboxylic acid groups (broad SMARTS) is 2. The molecule has 0 radical (unpaired) electrons. The lowest BCUT2D eigenvalue weighted by Crippen LogP contribution is -2.51. The predicted molar refractivity (Wildman–Crippen MR) is 68.5 cm³/mol. The average Bonchev–Trinajstić information content (AvgIpc) is 2.41. The van der Waals surface area contributed by atoms with E-state index in [1.807, 2.05) is 0 Å². The van der Waals surface area contributed by atoms with Crippen molar-refractivity contribution >= 4 is 11.9 Å². The van der Waals surface area contributed by atoms with E-state index in [-0.39, 0.29) is 0 Å². The van der Waals surface area contributed by atoms with E-state index in [9.17, 15) is 26.3 Å². The number of nitrogens with zero attached hydrogens (tertiary/aromatic N) is 1. The van der Waals surface area contributed by atoms with Crippen molar-refractivity contribution in [1.82, 2.24) is 10.2 Å². The molecule has 0 aromatic heterocycles. The maximum atomic E-state index is 10.6. The Morgan fingerprint density at radius 1 is 1.12 bits per heavy atom. The van der Waals surface area contributed by atoms with E-state index >= 15 is 0 Å². The molecule has 1 heterocycles. The number of likely N-dealkylation sites (N-methyl/N-ethyl adjacent to an activating group) is 1. The van der Waals surface area contributed by atoms with Crippen LogP contribution < -0.4 is 5.32 Å². The van der Waals surface area contributed by atoms with Crippen molar-refractivity contribution in [3.63, 3.8) is 0 Å². The van der Waals surface area contributed by atoms with Crippen LogP contribution in [0.2, 0.25) is 0 Å². The lowest BCUT2D eigenvalue weighted by atomic mass is 10.2. The summed E-state index contributed by atoms with van der Waals surface area (Å²) in [6.45, 7) is 4.14. The molecule has 1 fully saturated rings. The van der Waals surface area contributed by atoms with E-state index in [2.05, 4.69) is 17.3 Å². The number of methoxy groups -OCH3 is 1. The molecule has 1 rings (SSSR count). The van der Waals surface area contributed by atoms with Gasteiger partial charge in [-0.25, -0.2) is 9.59 Å². The lowest BCUT2D eigenvalue weighted by molar-refractivity contribution is -0.193. The molecule has 0 bridgehead atoms. The smallest absolute Gasteiger partial charge is 0.475 e. The Bertz CT molecular complexity index is 362. The fourth-order valence-corrected chi connectivity index (χ4v) is 1.24. The number of carboxylic acids is 2. The van der Waals surface area contributed by atoms with Gasteiger partial charge >= 0.3 is 24.3 Å². The maximum Gasteiger partial charge on any atom is 0.490 e. The largest absolute Gasteiger partial charge is 0.490 e. The van der Waals surface area contributed by atoms with Crippen molar-refractivity contribution in [1.29, 1.82) is 0 Å². The van der Waals surface area contributed by atoms with E-state index in [0.29, 0.717) is 6.04 Å². The summed E-state index contributed by atoms with van der Waals surface area (Å²) in [6, 6.07) is 0.568. The highest BCUT2D eigenvalue weighted by Crippen LogP contribution is 2.13. The molecule has 1 aliphatic rings. The molecule has 13 heteroatoms. The summed E-state index contributed by atoms with van der Waals surface area (Å²) in [7, 11) is 3.90. The van der Waals surface area contributed by atoms with E-state index in [0.717, 1.165) is 26.2 Å². The Balaban J connectivity index is 0. The van der Waals surface area contributed by atoms with Gasteiger partial charge < -0.3 is 20.3 Å². The van der Waals surface area contributed by atoms with Crippen LogP contribution in [0.5, 0.6) is 0 Å². The first-order chi connectivity index (χ1) is 10.7. The Labute approximate surface area is 133 Å². The number of ether oxygens (including phenoxy) is 1. The molecule has 7 nitrogen and oxygen atoms in total. The number of hydrogen-bond donors (Lipinski definition) is 3. The van der Waals surface area contributed by atoms with Crippen molar-refractivity contribution in [3.8, 4) is 0 Å². The average molecular weight is 372 g/mol. The number of halogens is 6. The second-order valence-electron chi connectivity index (χ2n) is 4.40. The van der Waals surface area contributed by atoms with Gasteiger partial charge in [-0.1, -0.05) is 0 Å². The molecule has 1 atom stereocenters.